The molecule has 0 rings (SSSR count). The number of allylic oxidation sites excluding steroid dienone is 1. The van der Waals surface area contributed by atoms with Crippen LogP contribution in [0.4, 0.5) is 0 Å². The van der Waals surface area contributed by atoms with Crippen molar-refractivity contribution in [3.05, 3.63) is 12.7 Å². The van der Waals surface area contributed by atoms with Gasteiger partial charge in [0.2, 0.25) is 0 Å². The van der Waals surface area contributed by atoms with Gasteiger partial charge >= 0.3 is 51.4 Å². The van der Waals surface area contributed by atoms with Crippen LogP contribution in [0.2, 0.25) is 0 Å². The van der Waals surface area contributed by atoms with Crippen LogP contribution in [0.25, 0.3) is 0 Å². The average molecular weight is 80.2 g/mol. The van der Waals surface area contributed by atoms with Crippen molar-refractivity contribution in [2.75, 3.05) is 0 Å². The summed E-state index contributed by atoms with van der Waals surface area (Å²) in [5.41, 5.74) is 0. The fourth-order valence-corrected chi connectivity index (χ4v) is 0. The molecule has 0 aromatic heterocycles. The van der Waals surface area contributed by atoms with Crippen LogP contribution < -0.4 is 51.4 Å². The third-order valence-corrected chi connectivity index (χ3v) is 0. The van der Waals surface area contributed by atoms with Crippen molar-refractivity contribution < 1.29 is 51.4 Å². The van der Waals surface area contributed by atoms with E-state index in [0.717, 1.165) is 0 Å². The van der Waals surface area contributed by atoms with Crippen LogP contribution in [-0.4, -0.2) is 0 Å². The Kier molecular flexibility index (Phi) is 20.0. The van der Waals surface area contributed by atoms with Crippen molar-refractivity contribution in [2.45, 2.75) is 6.92 Å². The van der Waals surface area contributed by atoms with Gasteiger partial charge in [-0.05, 0) is 0 Å². The predicted molar refractivity (Wildman–Crippen MR) is 14.5 cm³/mol. The molecule has 0 spiro atoms. The number of rotatable bonds is 0. The first-order valence-corrected chi connectivity index (χ1v) is 0.911. The molecule has 0 radical (unpaired) electrons. The molecule has 0 unspecified atom stereocenters. The molecule has 4 heavy (non-hydrogen) atoms. The van der Waals surface area contributed by atoms with Crippen molar-refractivity contribution in [3.63, 3.8) is 0 Å². The molecule has 0 N–H and O–H groups in total. The van der Waals surface area contributed by atoms with E-state index >= 15 is 0 Å². The molecule has 0 heterocycles. The van der Waals surface area contributed by atoms with Crippen LogP contribution >= 0.6 is 0 Å². The summed E-state index contributed by atoms with van der Waals surface area (Å²) in [5.74, 6) is 0. The van der Waals surface area contributed by atoms with E-state index in [2.05, 4.69) is 0 Å². The third kappa shape index (κ3) is 10.1. The van der Waals surface area contributed by atoms with E-state index in [9.17, 15) is 0 Å². The van der Waals surface area contributed by atoms with Crippen molar-refractivity contribution in [2.24, 2.45) is 0 Å². The molecule has 0 nitrogen and oxygen atoms in total. The van der Waals surface area contributed by atoms with E-state index in [4.69, 9.17) is 6.58 Å². The van der Waals surface area contributed by atoms with Gasteiger partial charge < -0.3 is 6.58 Å². The largest absolute Gasteiger partial charge is 1.00 e. The number of hydrogen-bond donors (Lipinski definition) is 0. The van der Waals surface area contributed by atoms with Crippen LogP contribution in [0, 0.1) is 6.58 Å². The van der Waals surface area contributed by atoms with E-state index in [1.165, 1.54) is 6.08 Å². The van der Waals surface area contributed by atoms with Gasteiger partial charge in [-0.3, -0.25) is 6.08 Å². The molecule has 0 aromatic carbocycles. The van der Waals surface area contributed by atoms with Gasteiger partial charge in [-0.15, -0.1) is 0 Å². The minimum Gasteiger partial charge on any atom is -0.518 e. The maximum Gasteiger partial charge on any atom is 1.00 e. The van der Waals surface area contributed by atoms with Crippen molar-refractivity contribution in [1.82, 2.24) is 0 Å². The first-order chi connectivity index (χ1) is 1.41. The maximum atomic E-state index is 4.72. The van der Waals surface area contributed by atoms with Gasteiger partial charge in [0.05, 0.1) is 0 Å². The molecule has 0 aliphatic heterocycles. The number of hydrogen-bond acceptors (Lipinski definition) is 0. The van der Waals surface area contributed by atoms with Crippen LogP contribution in [-0.2, 0) is 0 Å². The van der Waals surface area contributed by atoms with Gasteiger partial charge in [-0.2, -0.15) is 0 Å². The Balaban J connectivity index is 0. The molecule has 0 aliphatic rings. The second-order valence-corrected chi connectivity index (χ2v) is 0.333. The van der Waals surface area contributed by atoms with Gasteiger partial charge in [0.25, 0.3) is 0 Å². The molecule has 0 aliphatic carbocycles. The quantitative estimate of drug-likeness (QED) is 0.233. The zero-order valence-corrected chi connectivity index (χ0v) is 6.28. The third-order valence-electron chi connectivity index (χ3n) is 0. The molecular formula is C3H5K. The zero-order valence-electron chi connectivity index (χ0n) is 3.15. The molecule has 0 fully saturated rings. The molecule has 0 saturated heterocycles. The second-order valence-electron chi connectivity index (χ2n) is 0.333. The Bertz CT molecular complexity index is 10.8. The van der Waals surface area contributed by atoms with E-state index in [1.807, 2.05) is 0 Å². The standard InChI is InChI=1S/C3H5.K/c1-3-2;/h1,3H,2H3;/q-1;+1. The summed E-state index contributed by atoms with van der Waals surface area (Å²) in [7, 11) is 0. The summed E-state index contributed by atoms with van der Waals surface area (Å²) in [6, 6.07) is 0. The fourth-order valence-electron chi connectivity index (χ4n) is 0. The molecule has 0 aromatic rings. The van der Waals surface area contributed by atoms with E-state index in [-0.39, 0.29) is 51.4 Å². The fraction of sp³-hybridized carbons (Fsp3) is 0.333. The van der Waals surface area contributed by atoms with E-state index in [0.29, 0.717) is 0 Å². The maximum absolute atomic E-state index is 4.72. The van der Waals surface area contributed by atoms with Gasteiger partial charge in [0.1, 0.15) is 0 Å². The molecule has 0 amide bonds. The summed E-state index contributed by atoms with van der Waals surface area (Å²) < 4.78 is 0. The minimum absolute atomic E-state index is 0. The van der Waals surface area contributed by atoms with Crippen LogP contribution in [0.15, 0.2) is 6.08 Å². The zero-order chi connectivity index (χ0) is 2.71. The van der Waals surface area contributed by atoms with Crippen LogP contribution in [0.1, 0.15) is 6.92 Å². The van der Waals surface area contributed by atoms with Gasteiger partial charge in [-0.1, -0.05) is 6.92 Å². The summed E-state index contributed by atoms with van der Waals surface area (Å²) in [4.78, 5) is 0. The first-order valence-electron chi connectivity index (χ1n) is 0.911. The van der Waals surface area contributed by atoms with Crippen molar-refractivity contribution >= 4 is 0 Å². The summed E-state index contributed by atoms with van der Waals surface area (Å²) in [6.45, 7) is 6.50. The van der Waals surface area contributed by atoms with Gasteiger partial charge in [-0.25, -0.2) is 0 Å². The van der Waals surface area contributed by atoms with Crippen molar-refractivity contribution in [3.8, 4) is 0 Å². The predicted octanol–water partition coefficient (Wildman–Crippen LogP) is -2.00. The van der Waals surface area contributed by atoms with Crippen molar-refractivity contribution in [1.29, 1.82) is 0 Å². The monoisotopic (exact) mass is 80.0 g/mol. The Labute approximate surface area is 69.7 Å². The molecule has 18 valence electrons. The Morgan fingerprint density at radius 3 is 1.75 bits per heavy atom. The minimum atomic E-state index is 0. The molecule has 1 heteroatoms. The second kappa shape index (κ2) is 8.83. The summed E-state index contributed by atoms with van der Waals surface area (Å²) in [6.07, 6.45) is 1.50. The summed E-state index contributed by atoms with van der Waals surface area (Å²) in [5, 5.41) is 0. The van der Waals surface area contributed by atoms with Gasteiger partial charge in [0, 0.05) is 0 Å². The molecule has 0 bridgehead atoms. The van der Waals surface area contributed by atoms with E-state index in [1.54, 1.807) is 6.92 Å². The first kappa shape index (κ1) is 9.03. The smallest absolute Gasteiger partial charge is 0.518 e. The average Bonchev–Trinajstić information content (AvgIpc) is 0.918. The Hall–Kier alpha value is 1.38. The topological polar surface area (TPSA) is 0 Å². The van der Waals surface area contributed by atoms with Crippen LogP contribution in [0.5, 0.6) is 0 Å². The summed E-state index contributed by atoms with van der Waals surface area (Å²) >= 11 is 0. The SMILES string of the molecule is [CH-]=CC.[K+]. The normalized spacial score (nSPS) is 3.25. The Morgan fingerprint density at radius 1 is 1.75 bits per heavy atom. The van der Waals surface area contributed by atoms with E-state index < -0.39 is 0 Å². The molecule has 0 atom stereocenters. The van der Waals surface area contributed by atoms with Gasteiger partial charge in [0.15, 0.2) is 0 Å². The molecular weight excluding hydrogens is 75.1 g/mol. The van der Waals surface area contributed by atoms with Crippen LogP contribution in [0.3, 0.4) is 0 Å². The molecule has 0 saturated carbocycles. The Morgan fingerprint density at radius 2 is 1.75 bits per heavy atom.